The summed E-state index contributed by atoms with van der Waals surface area (Å²) in [4.78, 5) is 4.61. The van der Waals surface area contributed by atoms with Crippen molar-refractivity contribution in [3.8, 4) is 0 Å². The summed E-state index contributed by atoms with van der Waals surface area (Å²) in [5.41, 5.74) is 9.15. The van der Waals surface area contributed by atoms with Gasteiger partial charge in [-0.3, -0.25) is 4.98 Å². The van der Waals surface area contributed by atoms with E-state index in [1.165, 1.54) is 0 Å². The number of pyridine rings is 1. The molecule has 1 aromatic carbocycles. The lowest BCUT2D eigenvalue weighted by Gasteiger charge is -2.20. The summed E-state index contributed by atoms with van der Waals surface area (Å²) in [6.07, 6.45) is 0. The first kappa shape index (κ1) is 13.4. The highest BCUT2D eigenvalue weighted by molar-refractivity contribution is 6.41. The maximum absolute atomic E-state index is 6.29. The molecule has 0 atom stereocenters. The Labute approximate surface area is 117 Å². The summed E-state index contributed by atoms with van der Waals surface area (Å²) in [5, 5.41) is 1.96. The smallest absolute Gasteiger partial charge is 0.0927 e. The van der Waals surface area contributed by atoms with E-state index in [0.717, 1.165) is 16.6 Å². The van der Waals surface area contributed by atoms with Gasteiger partial charge in [-0.2, -0.15) is 0 Å². The molecule has 2 aromatic rings. The molecule has 0 spiro atoms. The Morgan fingerprint density at radius 2 is 1.78 bits per heavy atom. The van der Waals surface area contributed by atoms with Gasteiger partial charge in [0.2, 0.25) is 0 Å². The van der Waals surface area contributed by atoms with Crippen LogP contribution in [0.15, 0.2) is 12.1 Å². The molecule has 0 saturated carbocycles. The van der Waals surface area contributed by atoms with E-state index in [2.05, 4.69) is 25.8 Å². The van der Waals surface area contributed by atoms with Gasteiger partial charge in [-0.15, -0.1) is 0 Å². The van der Waals surface area contributed by atoms with Crippen molar-refractivity contribution in [2.75, 3.05) is 5.73 Å². The van der Waals surface area contributed by atoms with Crippen molar-refractivity contribution in [1.29, 1.82) is 0 Å². The van der Waals surface area contributed by atoms with Gasteiger partial charge in [0, 0.05) is 22.2 Å². The summed E-state index contributed by atoms with van der Waals surface area (Å²) < 4.78 is 0. The Morgan fingerprint density at radius 1 is 1.17 bits per heavy atom. The number of hydrogen-bond acceptors (Lipinski definition) is 2. The van der Waals surface area contributed by atoms with E-state index in [-0.39, 0.29) is 5.41 Å². The number of rotatable bonds is 0. The number of nitrogens with two attached hydrogens (primary N) is 1. The Balaban J connectivity index is 2.91. The molecule has 96 valence electrons. The molecule has 2 nitrogen and oxygen atoms in total. The van der Waals surface area contributed by atoms with Crippen LogP contribution >= 0.6 is 23.2 Å². The molecule has 1 aromatic heterocycles. The van der Waals surface area contributed by atoms with Gasteiger partial charge in [0.05, 0.1) is 15.6 Å². The van der Waals surface area contributed by atoms with Gasteiger partial charge in [-0.1, -0.05) is 44.0 Å². The second-order valence-corrected chi connectivity index (χ2v) is 6.34. The maximum atomic E-state index is 6.29. The van der Waals surface area contributed by atoms with Crippen molar-refractivity contribution < 1.29 is 0 Å². The third-order valence-electron chi connectivity index (χ3n) is 2.95. The highest BCUT2D eigenvalue weighted by Gasteiger charge is 2.19. The first-order valence-electron chi connectivity index (χ1n) is 5.77. The molecule has 0 unspecified atom stereocenters. The van der Waals surface area contributed by atoms with Gasteiger partial charge in [0.1, 0.15) is 0 Å². The van der Waals surface area contributed by atoms with E-state index in [9.17, 15) is 0 Å². The van der Waals surface area contributed by atoms with Gasteiger partial charge in [-0.25, -0.2) is 0 Å². The van der Waals surface area contributed by atoms with Crippen LogP contribution in [-0.2, 0) is 5.41 Å². The number of benzene rings is 1. The largest absolute Gasteiger partial charge is 0.398 e. The summed E-state index contributed by atoms with van der Waals surface area (Å²) in [5.74, 6) is 0. The van der Waals surface area contributed by atoms with Gasteiger partial charge >= 0.3 is 0 Å². The predicted molar refractivity (Wildman–Crippen MR) is 79.6 cm³/mol. The van der Waals surface area contributed by atoms with Crippen LogP contribution in [0.3, 0.4) is 0 Å². The van der Waals surface area contributed by atoms with E-state index >= 15 is 0 Å². The zero-order valence-electron chi connectivity index (χ0n) is 10.9. The van der Waals surface area contributed by atoms with Crippen LogP contribution in [0.4, 0.5) is 5.69 Å². The molecule has 0 bridgehead atoms. The fourth-order valence-corrected chi connectivity index (χ4v) is 2.43. The molecule has 18 heavy (non-hydrogen) atoms. The monoisotopic (exact) mass is 282 g/mol. The molecule has 0 aliphatic heterocycles. The zero-order valence-corrected chi connectivity index (χ0v) is 12.4. The van der Waals surface area contributed by atoms with Crippen molar-refractivity contribution in [3.63, 3.8) is 0 Å². The number of aryl methyl sites for hydroxylation is 1. The lowest BCUT2D eigenvalue weighted by molar-refractivity contribution is 0.572. The third-order valence-corrected chi connectivity index (χ3v) is 3.73. The second kappa shape index (κ2) is 4.29. The van der Waals surface area contributed by atoms with Crippen LogP contribution < -0.4 is 5.73 Å². The average Bonchev–Trinajstić information content (AvgIpc) is 2.24. The molecule has 0 amide bonds. The Bertz CT molecular complexity index is 628. The van der Waals surface area contributed by atoms with Crippen molar-refractivity contribution in [1.82, 2.24) is 4.98 Å². The van der Waals surface area contributed by atoms with E-state index in [1.54, 1.807) is 0 Å². The first-order chi connectivity index (χ1) is 8.21. The van der Waals surface area contributed by atoms with Gasteiger partial charge < -0.3 is 5.73 Å². The zero-order chi connectivity index (χ0) is 13.7. The van der Waals surface area contributed by atoms with Crippen molar-refractivity contribution in [2.45, 2.75) is 33.1 Å². The van der Waals surface area contributed by atoms with Crippen molar-refractivity contribution >= 4 is 39.8 Å². The van der Waals surface area contributed by atoms with Crippen LogP contribution in [0.5, 0.6) is 0 Å². The third kappa shape index (κ3) is 2.15. The Hall–Kier alpha value is -0.990. The fraction of sp³-hybridized carbons (Fsp3) is 0.357. The molecular formula is C14H16Cl2N2. The van der Waals surface area contributed by atoms with Crippen molar-refractivity contribution in [2.24, 2.45) is 0 Å². The summed E-state index contributed by atoms with van der Waals surface area (Å²) in [6, 6.07) is 3.70. The molecule has 4 heteroatoms. The number of anilines is 1. The minimum atomic E-state index is -0.0804. The number of hydrogen-bond donors (Lipinski definition) is 1. The molecular weight excluding hydrogens is 267 g/mol. The topological polar surface area (TPSA) is 38.9 Å². The number of fused-ring (bicyclic) bond motifs is 1. The molecule has 0 aliphatic carbocycles. The molecule has 1 heterocycles. The molecule has 2 N–H and O–H groups in total. The lowest BCUT2D eigenvalue weighted by Crippen LogP contribution is -2.14. The quantitative estimate of drug-likeness (QED) is 0.759. The molecule has 2 rings (SSSR count). The minimum absolute atomic E-state index is 0.0804. The molecule has 0 saturated heterocycles. The van der Waals surface area contributed by atoms with E-state index < -0.39 is 0 Å². The fourth-order valence-electron chi connectivity index (χ4n) is 1.87. The standard InChI is InChI=1S/C14H16Cl2N2/c1-7-5-8(15)13-11(12(7)16)9(17)6-10(18-13)14(2,3)4/h5-6H,1-4H3,(H2,17,18). The summed E-state index contributed by atoms with van der Waals surface area (Å²) >= 11 is 12.5. The van der Waals surface area contributed by atoms with Gasteiger partial charge in [0.25, 0.3) is 0 Å². The van der Waals surface area contributed by atoms with Gasteiger partial charge in [-0.05, 0) is 24.6 Å². The average molecular weight is 283 g/mol. The number of halogens is 2. The molecule has 0 aliphatic rings. The van der Waals surface area contributed by atoms with Crippen LogP contribution in [0.1, 0.15) is 32.0 Å². The van der Waals surface area contributed by atoms with Crippen LogP contribution in [0, 0.1) is 6.92 Å². The van der Waals surface area contributed by atoms with E-state index in [0.29, 0.717) is 21.2 Å². The number of nitrogen functional groups attached to an aromatic ring is 1. The normalized spacial score (nSPS) is 12.1. The predicted octanol–water partition coefficient (Wildman–Crippen LogP) is 4.73. The highest BCUT2D eigenvalue weighted by atomic mass is 35.5. The Morgan fingerprint density at radius 3 is 2.33 bits per heavy atom. The number of nitrogens with zero attached hydrogens (tertiary/aromatic N) is 1. The van der Waals surface area contributed by atoms with E-state index in [1.807, 2.05) is 19.1 Å². The SMILES string of the molecule is Cc1cc(Cl)c2nc(C(C)(C)C)cc(N)c2c1Cl. The molecule has 0 radical (unpaired) electrons. The lowest BCUT2D eigenvalue weighted by atomic mass is 9.90. The first-order valence-corrected chi connectivity index (χ1v) is 6.52. The Kier molecular flexibility index (Phi) is 3.20. The maximum Gasteiger partial charge on any atom is 0.0927 e. The van der Waals surface area contributed by atoms with E-state index in [4.69, 9.17) is 28.9 Å². The van der Waals surface area contributed by atoms with Crippen molar-refractivity contribution in [3.05, 3.63) is 33.4 Å². The van der Waals surface area contributed by atoms with Crippen LogP contribution in [0.2, 0.25) is 10.0 Å². The number of aromatic nitrogens is 1. The van der Waals surface area contributed by atoms with Gasteiger partial charge in [0.15, 0.2) is 0 Å². The summed E-state index contributed by atoms with van der Waals surface area (Å²) in [6.45, 7) is 8.17. The summed E-state index contributed by atoms with van der Waals surface area (Å²) in [7, 11) is 0. The van der Waals surface area contributed by atoms with Crippen LogP contribution in [0.25, 0.3) is 10.9 Å². The van der Waals surface area contributed by atoms with Crippen LogP contribution in [-0.4, -0.2) is 4.98 Å². The molecule has 0 fully saturated rings. The minimum Gasteiger partial charge on any atom is -0.398 e. The second-order valence-electron chi connectivity index (χ2n) is 5.56. The highest BCUT2D eigenvalue weighted by Crippen LogP contribution is 2.37.